The van der Waals surface area contributed by atoms with E-state index in [4.69, 9.17) is 16.3 Å². The number of hydrogen-bond donors (Lipinski definition) is 0. The van der Waals surface area contributed by atoms with Crippen molar-refractivity contribution < 1.29 is 22.7 Å². The van der Waals surface area contributed by atoms with Gasteiger partial charge in [0.15, 0.2) is 0 Å². The Morgan fingerprint density at radius 3 is 2.80 bits per heavy atom. The molecule has 1 saturated heterocycles. The fourth-order valence-corrected chi connectivity index (χ4v) is 3.72. The summed E-state index contributed by atoms with van der Waals surface area (Å²) >= 11 is 5.61. The maximum atomic E-state index is 12.9. The number of nitrogens with zero attached hydrogens (tertiary/aromatic N) is 1. The first-order valence-corrected chi connectivity index (χ1v) is 8.71. The van der Waals surface area contributed by atoms with Gasteiger partial charge in [0.2, 0.25) is 5.91 Å². The summed E-state index contributed by atoms with van der Waals surface area (Å²) in [7, 11) is 0. The van der Waals surface area contributed by atoms with Crippen LogP contribution in [0.1, 0.15) is 36.8 Å². The second-order valence-electron chi connectivity index (χ2n) is 6.36. The SMILES string of the molecule is O=C(/C=C/c1ccc(Cl)c(C(F)(F)F)c1)N1CCO[C@H]2CCCC[C@H]21. The van der Waals surface area contributed by atoms with Gasteiger partial charge < -0.3 is 9.64 Å². The molecule has 136 valence electrons. The number of benzene rings is 1. The first kappa shape index (κ1) is 18.3. The molecule has 2 aliphatic rings. The average Bonchev–Trinajstić information content (AvgIpc) is 2.59. The summed E-state index contributed by atoms with van der Waals surface area (Å²) in [6.45, 7) is 1.01. The normalized spacial score (nSPS) is 24.4. The number of amides is 1. The molecule has 25 heavy (non-hydrogen) atoms. The zero-order valence-corrected chi connectivity index (χ0v) is 14.3. The van der Waals surface area contributed by atoms with E-state index in [1.54, 1.807) is 4.90 Å². The van der Waals surface area contributed by atoms with Crippen molar-refractivity contribution in [3.8, 4) is 0 Å². The molecule has 3 rings (SSSR count). The average molecular weight is 374 g/mol. The van der Waals surface area contributed by atoms with Crippen LogP contribution in [-0.4, -0.2) is 36.1 Å². The Kier molecular flexibility index (Phi) is 5.39. The Morgan fingerprint density at radius 2 is 2.04 bits per heavy atom. The van der Waals surface area contributed by atoms with Gasteiger partial charge in [-0.25, -0.2) is 0 Å². The van der Waals surface area contributed by atoms with E-state index in [0.29, 0.717) is 18.7 Å². The Bertz CT molecular complexity index is 673. The molecule has 1 aliphatic carbocycles. The fraction of sp³-hybridized carbons (Fsp3) is 0.500. The largest absolute Gasteiger partial charge is 0.417 e. The molecule has 0 radical (unpaired) electrons. The fourth-order valence-electron chi connectivity index (χ4n) is 3.50. The van der Waals surface area contributed by atoms with Gasteiger partial charge >= 0.3 is 6.18 Å². The van der Waals surface area contributed by atoms with E-state index in [2.05, 4.69) is 0 Å². The van der Waals surface area contributed by atoms with Crippen molar-refractivity contribution in [2.24, 2.45) is 0 Å². The molecule has 1 amide bonds. The van der Waals surface area contributed by atoms with Gasteiger partial charge in [-0.2, -0.15) is 13.2 Å². The molecule has 2 fully saturated rings. The molecule has 0 bridgehead atoms. The van der Waals surface area contributed by atoms with E-state index in [1.165, 1.54) is 24.3 Å². The number of alkyl halides is 3. The molecular weight excluding hydrogens is 355 g/mol. The third-order valence-electron chi connectivity index (χ3n) is 4.73. The van der Waals surface area contributed by atoms with Gasteiger partial charge in [-0.1, -0.05) is 30.5 Å². The van der Waals surface area contributed by atoms with Crippen LogP contribution < -0.4 is 0 Å². The number of morpholine rings is 1. The molecule has 0 unspecified atom stereocenters. The number of hydrogen-bond acceptors (Lipinski definition) is 2. The molecule has 2 atom stereocenters. The molecular formula is C18H19ClF3NO2. The van der Waals surface area contributed by atoms with Gasteiger partial charge in [0.05, 0.1) is 29.3 Å². The van der Waals surface area contributed by atoms with Gasteiger partial charge in [0.25, 0.3) is 0 Å². The predicted molar refractivity (Wildman–Crippen MR) is 89.2 cm³/mol. The lowest BCUT2D eigenvalue weighted by atomic mass is 9.90. The lowest BCUT2D eigenvalue weighted by molar-refractivity contribution is -0.144. The van der Waals surface area contributed by atoms with Gasteiger partial charge in [-0.15, -0.1) is 0 Å². The van der Waals surface area contributed by atoms with Gasteiger partial charge in [0, 0.05) is 12.6 Å². The summed E-state index contributed by atoms with van der Waals surface area (Å²) < 4.78 is 44.5. The highest BCUT2D eigenvalue weighted by Gasteiger charge is 2.36. The van der Waals surface area contributed by atoms with Crippen molar-refractivity contribution in [2.45, 2.75) is 44.0 Å². The number of carbonyl (C=O) groups is 1. The summed E-state index contributed by atoms with van der Waals surface area (Å²) in [6, 6.07) is 3.68. The van der Waals surface area contributed by atoms with E-state index in [1.807, 2.05) is 0 Å². The molecule has 1 saturated carbocycles. The maximum absolute atomic E-state index is 12.9. The Labute approximate surface area is 149 Å². The predicted octanol–water partition coefficient (Wildman–Crippen LogP) is 4.54. The van der Waals surface area contributed by atoms with Crippen LogP contribution in [0.5, 0.6) is 0 Å². The summed E-state index contributed by atoms with van der Waals surface area (Å²) in [4.78, 5) is 14.3. The molecule has 1 aliphatic heterocycles. The van der Waals surface area contributed by atoms with Gasteiger partial charge in [0.1, 0.15) is 0 Å². The molecule has 0 N–H and O–H groups in total. The molecule has 7 heteroatoms. The standard InChI is InChI=1S/C18H19ClF3NO2/c19-14-7-5-12(11-13(14)18(20,21)22)6-8-17(24)23-9-10-25-16-4-2-1-3-15(16)23/h5-8,11,15-16H,1-4,9-10H2/b8-6+/t15-,16+/m1/s1. The number of carbonyl (C=O) groups excluding carboxylic acids is 1. The number of halogens is 4. The van der Waals surface area contributed by atoms with E-state index in [9.17, 15) is 18.0 Å². The second-order valence-corrected chi connectivity index (χ2v) is 6.77. The lowest BCUT2D eigenvalue weighted by Crippen LogP contribution is -2.54. The van der Waals surface area contributed by atoms with Crippen LogP contribution >= 0.6 is 11.6 Å². The smallest absolute Gasteiger partial charge is 0.374 e. The van der Waals surface area contributed by atoms with Crippen LogP contribution in [0, 0.1) is 0 Å². The summed E-state index contributed by atoms with van der Waals surface area (Å²) in [5, 5.41) is -0.353. The highest BCUT2D eigenvalue weighted by molar-refractivity contribution is 6.31. The molecule has 3 nitrogen and oxygen atoms in total. The van der Waals surface area contributed by atoms with E-state index >= 15 is 0 Å². The Morgan fingerprint density at radius 1 is 1.28 bits per heavy atom. The van der Waals surface area contributed by atoms with Crippen molar-refractivity contribution in [3.63, 3.8) is 0 Å². The van der Waals surface area contributed by atoms with Crippen LogP contribution in [0.2, 0.25) is 5.02 Å². The van der Waals surface area contributed by atoms with Crippen LogP contribution in [0.3, 0.4) is 0 Å². The van der Waals surface area contributed by atoms with Crippen molar-refractivity contribution in [1.29, 1.82) is 0 Å². The summed E-state index contributed by atoms with van der Waals surface area (Å²) in [6.07, 6.45) is 2.31. The van der Waals surface area contributed by atoms with Crippen molar-refractivity contribution in [3.05, 3.63) is 40.4 Å². The lowest BCUT2D eigenvalue weighted by Gasteiger charge is -2.43. The topological polar surface area (TPSA) is 29.5 Å². The zero-order valence-electron chi connectivity index (χ0n) is 13.6. The molecule has 1 heterocycles. The van der Waals surface area contributed by atoms with Crippen molar-refractivity contribution in [2.75, 3.05) is 13.2 Å². The minimum absolute atomic E-state index is 0.0654. The third-order valence-corrected chi connectivity index (χ3v) is 5.06. The summed E-state index contributed by atoms with van der Waals surface area (Å²) in [5.74, 6) is -0.191. The van der Waals surface area contributed by atoms with Crippen LogP contribution in [0.25, 0.3) is 6.08 Å². The Hall–Kier alpha value is -1.53. The quantitative estimate of drug-likeness (QED) is 0.712. The Balaban J connectivity index is 1.74. The first-order valence-electron chi connectivity index (χ1n) is 8.33. The number of ether oxygens (including phenoxy) is 1. The van der Waals surface area contributed by atoms with Gasteiger partial charge in [-0.3, -0.25) is 4.79 Å². The minimum Gasteiger partial charge on any atom is -0.374 e. The van der Waals surface area contributed by atoms with Gasteiger partial charge in [-0.05, 0) is 36.6 Å². The van der Waals surface area contributed by atoms with Crippen molar-refractivity contribution >= 4 is 23.6 Å². The molecule has 0 spiro atoms. The van der Waals surface area contributed by atoms with Crippen LogP contribution in [0.15, 0.2) is 24.3 Å². The highest BCUT2D eigenvalue weighted by atomic mass is 35.5. The van der Waals surface area contributed by atoms with Crippen molar-refractivity contribution in [1.82, 2.24) is 4.90 Å². The monoisotopic (exact) mass is 373 g/mol. The van der Waals surface area contributed by atoms with E-state index in [-0.39, 0.29) is 23.1 Å². The van der Waals surface area contributed by atoms with E-state index in [0.717, 1.165) is 31.7 Å². The molecule has 0 aromatic heterocycles. The van der Waals surface area contributed by atoms with Crippen LogP contribution in [-0.2, 0) is 15.7 Å². The number of fused-ring (bicyclic) bond motifs is 1. The summed E-state index contributed by atoms with van der Waals surface area (Å²) in [5.41, 5.74) is -0.610. The molecule has 1 aromatic rings. The molecule has 1 aromatic carbocycles. The maximum Gasteiger partial charge on any atom is 0.417 e. The highest BCUT2D eigenvalue weighted by Crippen LogP contribution is 2.35. The number of rotatable bonds is 2. The van der Waals surface area contributed by atoms with Crippen LogP contribution in [0.4, 0.5) is 13.2 Å². The second kappa shape index (κ2) is 7.38. The zero-order chi connectivity index (χ0) is 18.0. The third kappa shape index (κ3) is 4.18. The first-order chi connectivity index (χ1) is 11.9. The van der Waals surface area contributed by atoms with E-state index < -0.39 is 11.7 Å². The minimum atomic E-state index is -4.52.